The summed E-state index contributed by atoms with van der Waals surface area (Å²) in [7, 11) is 0. The maximum absolute atomic E-state index is 5.86. The zero-order valence-corrected chi connectivity index (χ0v) is 17.8. The Morgan fingerprint density at radius 1 is 0.733 bits per heavy atom. The number of hydrogen-bond donors (Lipinski definition) is 0. The summed E-state index contributed by atoms with van der Waals surface area (Å²) in [5.41, 5.74) is 4.89. The van der Waals surface area contributed by atoms with E-state index in [1.54, 1.807) is 0 Å². The van der Waals surface area contributed by atoms with Gasteiger partial charge in [-0.05, 0) is 61.4 Å². The zero-order chi connectivity index (χ0) is 20.5. The highest BCUT2D eigenvalue weighted by Crippen LogP contribution is 2.29. The molecule has 3 fully saturated rings. The van der Waals surface area contributed by atoms with E-state index in [-0.39, 0.29) is 12.2 Å². The van der Waals surface area contributed by atoms with Crippen molar-refractivity contribution < 1.29 is 18.9 Å². The Hall–Kier alpha value is -2.44. The van der Waals surface area contributed by atoms with E-state index in [1.807, 2.05) is 0 Å². The summed E-state index contributed by atoms with van der Waals surface area (Å²) in [4.78, 5) is 4.91. The Labute approximate surface area is 178 Å². The fourth-order valence-electron chi connectivity index (χ4n) is 3.90. The minimum atomic E-state index is 0.286. The summed E-state index contributed by atoms with van der Waals surface area (Å²) in [6, 6.07) is 13.0. The van der Waals surface area contributed by atoms with Gasteiger partial charge in [0.2, 0.25) is 0 Å². The quantitative estimate of drug-likeness (QED) is 0.623. The average molecular weight is 411 g/mol. The molecule has 2 aromatic rings. The lowest BCUT2D eigenvalue weighted by Gasteiger charge is -2.37. The van der Waals surface area contributed by atoms with E-state index in [9.17, 15) is 0 Å². The van der Waals surface area contributed by atoms with Gasteiger partial charge in [-0.15, -0.1) is 0 Å². The first-order valence-electron chi connectivity index (χ1n) is 10.9. The van der Waals surface area contributed by atoms with Crippen LogP contribution in [-0.4, -0.2) is 64.8 Å². The van der Waals surface area contributed by atoms with Crippen molar-refractivity contribution in [2.45, 2.75) is 26.1 Å². The molecule has 0 saturated carbocycles. The average Bonchev–Trinajstić information content (AvgIpc) is 3.67. The molecule has 6 heteroatoms. The number of rotatable bonds is 8. The molecule has 3 saturated heterocycles. The minimum absolute atomic E-state index is 0.286. The van der Waals surface area contributed by atoms with Gasteiger partial charge in [-0.3, -0.25) is 0 Å². The van der Waals surface area contributed by atoms with E-state index >= 15 is 0 Å². The lowest BCUT2D eigenvalue weighted by molar-refractivity contribution is 0.262. The number of ether oxygens (including phenoxy) is 4. The van der Waals surface area contributed by atoms with Crippen molar-refractivity contribution >= 4 is 11.4 Å². The van der Waals surface area contributed by atoms with Gasteiger partial charge in [0.25, 0.3) is 0 Å². The summed E-state index contributed by atoms with van der Waals surface area (Å²) in [5, 5.41) is 0. The molecule has 0 spiro atoms. The molecular weight excluding hydrogens is 380 g/mol. The second-order valence-electron chi connectivity index (χ2n) is 8.41. The molecule has 2 atom stereocenters. The van der Waals surface area contributed by atoms with Gasteiger partial charge in [0.1, 0.15) is 36.9 Å². The highest BCUT2D eigenvalue weighted by atomic mass is 16.6. The van der Waals surface area contributed by atoms with Crippen LogP contribution >= 0.6 is 0 Å². The Balaban J connectivity index is 1.16. The summed E-state index contributed by atoms with van der Waals surface area (Å²) in [6.07, 6.45) is 0.572. The molecule has 3 aliphatic heterocycles. The van der Waals surface area contributed by atoms with E-state index < -0.39 is 0 Å². The van der Waals surface area contributed by atoms with Crippen LogP contribution in [0.25, 0.3) is 0 Å². The first-order chi connectivity index (χ1) is 14.7. The third-order valence-corrected chi connectivity index (χ3v) is 5.98. The largest absolute Gasteiger partial charge is 0.491 e. The number of hydrogen-bond acceptors (Lipinski definition) is 6. The molecule has 3 aliphatic rings. The molecule has 5 rings (SSSR count). The predicted molar refractivity (Wildman–Crippen MR) is 117 cm³/mol. The monoisotopic (exact) mass is 410 g/mol. The smallest absolute Gasteiger partial charge is 0.122 e. The highest BCUT2D eigenvalue weighted by molar-refractivity contribution is 5.57. The third kappa shape index (κ3) is 4.65. The Morgan fingerprint density at radius 3 is 1.47 bits per heavy atom. The molecule has 0 aromatic heterocycles. The summed E-state index contributed by atoms with van der Waals surface area (Å²) in [5.74, 6) is 1.91. The Morgan fingerprint density at radius 2 is 1.13 bits per heavy atom. The van der Waals surface area contributed by atoms with Gasteiger partial charge in [-0.1, -0.05) is 0 Å². The molecule has 2 aromatic carbocycles. The molecule has 3 heterocycles. The van der Waals surface area contributed by atoms with Crippen molar-refractivity contribution in [1.29, 1.82) is 0 Å². The maximum Gasteiger partial charge on any atom is 0.122 e. The van der Waals surface area contributed by atoms with E-state index in [0.717, 1.165) is 50.9 Å². The van der Waals surface area contributed by atoms with Gasteiger partial charge in [0, 0.05) is 37.6 Å². The third-order valence-electron chi connectivity index (χ3n) is 5.98. The summed E-state index contributed by atoms with van der Waals surface area (Å²) >= 11 is 0. The van der Waals surface area contributed by atoms with Crippen LogP contribution in [0.2, 0.25) is 0 Å². The van der Waals surface area contributed by atoms with Crippen LogP contribution in [-0.2, 0) is 9.47 Å². The maximum atomic E-state index is 5.86. The van der Waals surface area contributed by atoms with Gasteiger partial charge >= 0.3 is 0 Å². The van der Waals surface area contributed by atoms with Gasteiger partial charge in [-0.25, -0.2) is 0 Å². The van der Waals surface area contributed by atoms with Crippen molar-refractivity contribution in [3.63, 3.8) is 0 Å². The normalized spacial score (nSPS) is 22.7. The van der Waals surface area contributed by atoms with Crippen molar-refractivity contribution in [1.82, 2.24) is 0 Å². The molecule has 0 N–H and O–H groups in total. The standard InChI is InChI=1S/C24H30N2O4/c1-17-11-19(3-5-23(17)29-15-21-13-27-21)25-7-9-26(10-8-25)20-4-6-24(18(2)12-20)30-16-22-14-28-22/h3-6,11-12,21-22H,7-10,13-16H2,1-2H3. The SMILES string of the molecule is Cc1cc(N2CCN(c3ccc(OCC4CO4)c(C)c3)CC2)ccc1OCC1CO1. The molecule has 0 aliphatic carbocycles. The van der Waals surface area contributed by atoms with Crippen LogP contribution in [0.1, 0.15) is 11.1 Å². The molecule has 30 heavy (non-hydrogen) atoms. The molecule has 6 nitrogen and oxygen atoms in total. The number of nitrogens with zero attached hydrogens (tertiary/aromatic N) is 2. The van der Waals surface area contributed by atoms with Crippen LogP contribution in [0.5, 0.6) is 11.5 Å². The van der Waals surface area contributed by atoms with Crippen LogP contribution < -0.4 is 19.3 Å². The van der Waals surface area contributed by atoms with Gasteiger partial charge in [0.15, 0.2) is 0 Å². The molecular formula is C24H30N2O4. The van der Waals surface area contributed by atoms with E-state index in [1.165, 1.54) is 22.5 Å². The van der Waals surface area contributed by atoms with E-state index in [2.05, 4.69) is 60.0 Å². The number of benzene rings is 2. The van der Waals surface area contributed by atoms with Crippen LogP contribution in [0.15, 0.2) is 36.4 Å². The highest BCUT2D eigenvalue weighted by Gasteiger charge is 2.24. The fourth-order valence-corrected chi connectivity index (χ4v) is 3.90. The second-order valence-corrected chi connectivity index (χ2v) is 8.41. The van der Waals surface area contributed by atoms with Gasteiger partial charge < -0.3 is 28.7 Å². The fraction of sp³-hybridized carbons (Fsp3) is 0.500. The van der Waals surface area contributed by atoms with Crippen LogP contribution in [0.4, 0.5) is 11.4 Å². The van der Waals surface area contributed by atoms with Crippen molar-refractivity contribution in [3.05, 3.63) is 47.5 Å². The number of aryl methyl sites for hydroxylation is 2. The van der Waals surface area contributed by atoms with Crippen molar-refractivity contribution in [2.24, 2.45) is 0 Å². The summed E-state index contributed by atoms with van der Waals surface area (Å²) < 4.78 is 22.2. The molecule has 2 unspecified atom stereocenters. The van der Waals surface area contributed by atoms with Gasteiger partial charge in [0.05, 0.1) is 13.2 Å². The molecule has 0 amide bonds. The zero-order valence-electron chi connectivity index (χ0n) is 17.8. The minimum Gasteiger partial charge on any atom is -0.491 e. The van der Waals surface area contributed by atoms with Crippen LogP contribution in [0.3, 0.4) is 0 Å². The topological polar surface area (TPSA) is 50.0 Å². The van der Waals surface area contributed by atoms with E-state index in [4.69, 9.17) is 18.9 Å². The van der Waals surface area contributed by atoms with Gasteiger partial charge in [-0.2, -0.15) is 0 Å². The van der Waals surface area contributed by atoms with Crippen molar-refractivity contribution in [3.8, 4) is 11.5 Å². The lowest BCUT2D eigenvalue weighted by atomic mass is 10.1. The predicted octanol–water partition coefficient (Wildman–Crippen LogP) is 3.19. The number of piperazine rings is 1. The second kappa shape index (κ2) is 8.36. The molecule has 0 bridgehead atoms. The lowest BCUT2D eigenvalue weighted by Crippen LogP contribution is -2.46. The molecule has 0 radical (unpaired) electrons. The van der Waals surface area contributed by atoms with E-state index in [0.29, 0.717) is 13.2 Å². The molecule has 160 valence electrons. The van der Waals surface area contributed by atoms with Crippen molar-refractivity contribution in [2.75, 3.05) is 62.4 Å². The Bertz CT molecular complexity index is 813. The number of epoxide rings is 2. The first kappa shape index (κ1) is 19.5. The number of anilines is 2. The Kier molecular flexibility index (Phi) is 5.44. The summed E-state index contributed by atoms with van der Waals surface area (Å²) in [6.45, 7) is 11.2. The van der Waals surface area contributed by atoms with Crippen LogP contribution in [0, 0.1) is 13.8 Å². The first-order valence-corrected chi connectivity index (χ1v) is 10.9.